The average Bonchev–Trinajstić information content (AvgIpc) is 2.37. The third-order valence-corrected chi connectivity index (χ3v) is 3.51. The first-order valence-corrected chi connectivity index (χ1v) is 6.76. The van der Waals surface area contributed by atoms with E-state index in [1.165, 1.54) is 6.07 Å². The van der Waals surface area contributed by atoms with E-state index >= 15 is 0 Å². The Hall–Kier alpha value is -1.80. The summed E-state index contributed by atoms with van der Waals surface area (Å²) in [7, 11) is 0. The van der Waals surface area contributed by atoms with Crippen molar-refractivity contribution in [1.82, 2.24) is 10.6 Å². The molecule has 0 spiro atoms. The molecule has 8 heteroatoms. The molecule has 0 bridgehead atoms. The number of benzene rings is 1. The number of nitrogens with one attached hydrogen (secondary N) is 2. The highest BCUT2D eigenvalue weighted by molar-refractivity contribution is 9.10. The molecule has 1 aromatic rings. The highest BCUT2D eigenvalue weighted by Gasteiger charge is 2.26. The van der Waals surface area contributed by atoms with E-state index in [4.69, 9.17) is 0 Å². The lowest BCUT2D eigenvalue weighted by atomic mass is 10.1. The van der Waals surface area contributed by atoms with Gasteiger partial charge in [0.1, 0.15) is 0 Å². The summed E-state index contributed by atoms with van der Waals surface area (Å²) in [6.07, 6.45) is 0.663. The number of hydrogen-bond donors (Lipinski definition) is 2. The van der Waals surface area contributed by atoms with Crippen molar-refractivity contribution in [2.45, 2.75) is 25.4 Å². The molecule has 1 atom stereocenters. The van der Waals surface area contributed by atoms with E-state index in [1.54, 1.807) is 12.1 Å². The zero-order valence-electron chi connectivity index (χ0n) is 10.4. The van der Waals surface area contributed by atoms with Crippen molar-refractivity contribution in [1.29, 1.82) is 0 Å². The number of nitro benzene ring substituents is 1. The molecular weight excluding hydrogens is 330 g/mol. The van der Waals surface area contributed by atoms with Crippen LogP contribution in [-0.4, -0.2) is 22.8 Å². The van der Waals surface area contributed by atoms with Crippen LogP contribution in [0.5, 0.6) is 0 Å². The van der Waals surface area contributed by atoms with Crippen molar-refractivity contribution in [2.75, 3.05) is 0 Å². The van der Waals surface area contributed by atoms with Crippen LogP contribution in [0.1, 0.15) is 18.4 Å². The van der Waals surface area contributed by atoms with Crippen molar-refractivity contribution in [3.63, 3.8) is 0 Å². The maximum atomic E-state index is 11.6. The summed E-state index contributed by atoms with van der Waals surface area (Å²) in [5.74, 6) is -0.680. The number of nitrogens with zero attached hydrogens (tertiary/aromatic N) is 1. The Morgan fingerprint density at radius 1 is 1.45 bits per heavy atom. The SMILES string of the molecule is O=C1CCC(NCc2cc(Br)ccc2[N+](=O)[O-])C(=O)N1. The van der Waals surface area contributed by atoms with Crippen LogP contribution in [0.4, 0.5) is 5.69 Å². The molecule has 20 heavy (non-hydrogen) atoms. The number of nitro groups is 1. The van der Waals surface area contributed by atoms with Gasteiger partial charge in [-0.3, -0.25) is 25.0 Å². The zero-order chi connectivity index (χ0) is 14.7. The second kappa shape index (κ2) is 6.10. The first-order chi connectivity index (χ1) is 9.47. The van der Waals surface area contributed by atoms with Gasteiger partial charge in [-0.1, -0.05) is 15.9 Å². The molecule has 2 rings (SSSR count). The van der Waals surface area contributed by atoms with Gasteiger partial charge in [-0.15, -0.1) is 0 Å². The lowest BCUT2D eigenvalue weighted by Gasteiger charge is -2.21. The van der Waals surface area contributed by atoms with Gasteiger partial charge in [0.2, 0.25) is 11.8 Å². The van der Waals surface area contributed by atoms with Crippen LogP contribution in [0.2, 0.25) is 0 Å². The molecule has 0 radical (unpaired) electrons. The number of amides is 2. The minimum atomic E-state index is -0.508. The number of halogens is 1. The zero-order valence-corrected chi connectivity index (χ0v) is 12.0. The number of rotatable bonds is 4. The molecule has 1 aliphatic rings. The van der Waals surface area contributed by atoms with E-state index in [-0.39, 0.29) is 30.5 Å². The van der Waals surface area contributed by atoms with Crippen molar-refractivity contribution in [3.05, 3.63) is 38.3 Å². The van der Waals surface area contributed by atoms with E-state index in [9.17, 15) is 19.7 Å². The Bertz CT molecular complexity index is 576. The van der Waals surface area contributed by atoms with Crippen LogP contribution < -0.4 is 10.6 Å². The molecule has 1 aliphatic heterocycles. The second-order valence-corrected chi connectivity index (χ2v) is 5.33. The Kier molecular flexibility index (Phi) is 4.46. The van der Waals surface area contributed by atoms with Crippen LogP contribution in [-0.2, 0) is 16.1 Å². The third-order valence-electron chi connectivity index (χ3n) is 3.02. The fourth-order valence-electron chi connectivity index (χ4n) is 2.00. The Morgan fingerprint density at radius 3 is 2.85 bits per heavy atom. The Morgan fingerprint density at radius 2 is 2.20 bits per heavy atom. The molecule has 1 saturated heterocycles. The van der Waals surface area contributed by atoms with Crippen molar-refractivity contribution in [2.24, 2.45) is 0 Å². The summed E-state index contributed by atoms with van der Waals surface area (Å²) in [5.41, 5.74) is 0.474. The van der Waals surface area contributed by atoms with E-state index in [1.807, 2.05) is 0 Å². The Balaban J connectivity index is 2.07. The van der Waals surface area contributed by atoms with Crippen LogP contribution in [0.3, 0.4) is 0 Å². The lowest BCUT2D eigenvalue weighted by molar-refractivity contribution is -0.385. The molecule has 7 nitrogen and oxygen atoms in total. The number of piperidine rings is 1. The number of carbonyl (C=O) groups excluding carboxylic acids is 2. The van der Waals surface area contributed by atoms with Gasteiger partial charge in [0, 0.05) is 29.1 Å². The molecule has 1 aromatic carbocycles. The quantitative estimate of drug-likeness (QED) is 0.487. The Labute approximate surface area is 123 Å². The number of carbonyl (C=O) groups is 2. The van der Waals surface area contributed by atoms with Gasteiger partial charge in [-0.2, -0.15) is 0 Å². The predicted octanol–water partition coefficient (Wildman–Crippen LogP) is 1.25. The first-order valence-electron chi connectivity index (χ1n) is 5.97. The molecule has 1 unspecified atom stereocenters. The minimum Gasteiger partial charge on any atom is -0.301 e. The summed E-state index contributed by atoms with van der Waals surface area (Å²) >= 11 is 3.26. The third kappa shape index (κ3) is 3.40. The average molecular weight is 342 g/mol. The van der Waals surface area contributed by atoms with E-state index in [0.717, 1.165) is 4.47 Å². The maximum Gasteiger partial charge on any atom is 0.273 e. The van der Waals surface area contributed by atoms with Gasteiger partial charge in [-0.05, 0) is 18.6 Å². The van der Waals surface area contributed by atoms with Crippen LogP contribution >= 0.6 is 15.9 Å². The summed E-state index contributed by atoms with van der Waals surface area (Å²) in [6, 6.07) is 4.13. The summed E-state index contributed by atoms with van der Waals surface area (Å²) in [4.78, 5) is 33.1. The maximum absolute atomic E-state index is 11.6. The second-order valence-electron chi connectivity index (χ2n) is 4.41. The fourth-order valence-corrected chi connectivity index (χ4v) is 2.40. The first kappa shape index (κ1) is 14.6. The van der Waals surface area contributed by atoms with Gasteiger partial charge in [0.15, 0.2) is 0 Å². The van der Waals surface area contributed by atoms with Crippen LogP contribution in [0.15, 0.2) is 22.7 Å². The van der Waals surface area contributed by atoms with Gasteiger partial charge < -0.3 is 5.32 Å². The molecule has 106 valence electrons. The molecule has 2 N–H and O–H groups in total. The molecule has 1 fully saturated rings. The fraction of sp³-hybridized carbons (Fsp3) is 0.333. The molecule has 2 amide bonds. The van der Waals surface area contributed by atoms with E-state index in [0.29, 0.717) is 12.0 Å². The van der Waals surface area contributed by atoms with Gasteiger partial charge in [0.05, 0.1) is 11.0 Å². The van der Waals surface area contributed by atoms with Gasteiger partial charge in [0.25, 0.3) is 5.69 Å². The van der Waals surface area contributed by atoms with Crippen LogP contribution in [0.25, 0.3) is 0 Å². The van der Waals surface area contributed by atoms with E-state index in [2.05, 4.69) is 26.6 Å². The normalized spacial score (nSPS) is 18.8. The van der Waals surface area contributed by atoms with Gasteiger partial charge in [-0.25, -0.2) is 0 Å². The summed E-state index contributed by atoms with van der Waals surface area (Å²) in [5, 5.41) is 16.1. The standard InChI is InChI=1S/C12H12BrN3O4/c13-8-1-3-10(16(19)20)7(5-8)6-14-9-2-4-11(17)15-12(9)18/h1,3,5,9,14H,2,4,6H2,(H,15,17,18). The number of imide groups is 1. The monoisotopic (exact) mass is 341 g/mol. The number of hydrogen-bond acceptors (Lipinski definition) is 5. The molecule has 0 saturated carbocycles. The van der Waals surface area contributed by atoms with Crippen molar-refractivity contribution in [3.8, 4) is 0 Å². The minimum absolute atomic E-state index is 0.00649. The largest absolute Gasteiger partial charge is 0.301 e. The molecular formula is C12H12BrN3O4. The predicted molar refractivity (Wildman–Crippen MR) is 73.8 cm³/mol. The topological polar surface area (TPSA) is 101 Å². The molecule has 0 aromatic heterocycles. The highest BCUT2D eigenvalue weighted by Crippen LogP contribution is 2.23. The van der Waals surface area contributed by atoms with Gasteiger partial charge >= 0.3 is 0 Å². The van der Waals surface area contributed by atoms with Crippen molar-refractivity contribution >= 4 is 33.4 Å². The smallest absolute Gasteiger partial charge is 0.273 e. The van der Waals surface area contributed by atoms with E-state index < -0.39 is 11.0 Å². The summed E-state index contributed by atoms with van der Waals surface area (Å²) < 4.78 is 0.725. The van der Waals surface area contributed by atoms with Crippen LogP contribution in [0, 0.1) is 10.1 Å². The van der Waals surface area contributed by atoms with Crippen molar-refractivity contribution < 1.29 is 14.5 Å². The highest BCUT2D eigenvalue weighted by atomic mass is 79.9. The molecule has 1 heterocycles. The summed E-state index contributed by atoms with van der Waals surface area (Å²) in [6.45, 7) is 0.183. The lowest BCUT2D eigenvalue weighted by Crippen LogP contribution is -2.50. The molecule has 0 aliphatic carbocycles.